The van der Waals surface area contributed by atoms with Crippen LogP contribution in [0, 0.1) is 6.92 Å². The summed E-state index contributed by atoms with van der Waals surface area (Å²) in [5, 5.41) is 0.757. The fourth-order valence-electron chi connectivity index (χ4n) is 3.57. The molecule has 2 aromatic carbocycles. The quantitative estimate of drug-likeness (QED) is 0.626. The van der Waals surface area contributed by atoms with Gasteiger partial charge in [0, 0.05) is 12.2 Å². The number of carbonyl (C=O) groups is 1. The van der Waals surface area contributed by atoms with Crippen LogP contribution in [0.3, 0.4) is 0 Å². The molecule has 1 aliphatic heterocycles. The number of ether oxygens (including phenoxy) is 1. The Labute approximate surface area is 163 Å². The van der Waals surface area contributed by atoms with E-state index in [1.54, 1.807) is 11.3 Å². The van der Waals surface area contributed by atoms with Crippen LogP contribution < -0.4 is 4.90 Å². The second kappa shape index (κ2) is 7.79. The molecule has 4 rings (SSSR count). The van der Waals surface area contributed by atoms with Gasteiger partial charge in [-0.2, -0.15) is 0 Å². The summed E-state index contributed by atoms with van der Waals surface area (Å²) in [7, 11) is 0. The second-order valence-electron chi connectivity index (χ2n) is 7.03. The number of fused-ring (bicyclic) bond motifs is 1. The Kier molecular flexibility index (Phi) is 5.23. The molecule has 0 bridgehead atoms. The van der Waals surface area contributed by atoms with Crippen molar-refractivity contribution in [3.05, 3.63) is 59.2 Å². The molecule has 0 spiro atoms. The smallest absolute Gasteiger partial charge is 0.260 e. The van der Waals surface area contributed by atoms with Gasteiger partial charge in [0.15, 0.2) is 5.13 Å². The van der Waals surface area contributed by atoms with Crippen molar-refractivity contribution in [2.24, 2.45) is 0 Å². The number of rotatable bonds is 5. The number of nitrogens with zero attached hydrogens (tertiary/aromatic N) is 2. The number of anilines is 1. The number of para-hydroxylation sites is 1. The molecule has 0 N–H and O–H groups in total. The van der Waals surface area contributed by atoms with Crippen molar-refractivity contribution in [2.75, 3.05) is 18.1 Å². The second-order valence-corrected chi connectivity index (χ2v) is 8.04. The van der Waals surface area contributed by atoms with E-state index in [2.05, 4.69) is 25.1 Å². The Morgan fingerprint density at radius 2 is 2.15 bits per heavy atom. The van der Waals surface area contributed by atoms with Gasteiger partial charge in [0.05, 0.1) is 22.9 Å². The summed E-state index contributed by atoms with van der Waals surface area (Å²) in [6, 6.07) is 14.0. The Morgan fingerprint density at radius 3 is 2.89 bits per heavy atom. The first-order valence-corrected chi connectivity index (χ1v) is 10.4. The fourth-order valence-corrected chi connectivity index (χ4v) is 4.59. The molecule has 27 heavy (non-hydrogen) atoms. The van der Waals surface area contributed by atoms with Gasteiger partial charge in [0.2, 0.25) is 0 Å². The molecule has 4 nitrogen and oxygen atoms in total. The predicted molar refractivity (Wildman–Crippen MR) is 111 cm³/mol. The van der Waals surface area contributed by atoms with Gasteiger partial charge in [-0.05, 0) is 49.9 Å². The van der Waals surface area contributed by atoms with Gasteiger partial charge in [-0.1, -0.05) is 48.1 Å². The van der Waals surface area contributed by atoms with Gasteiger partial charge < -0.3 is 4.74 Å². The summed E-state index contributed by atoms with van der Waals surface area (Å²) in [4.78, 5) is 20.0. The van der Waals surface area contributed by atoms with Crippen LogP contribution in [0.2, 0.25) is 0 Å². The van der Waals surface area contributed by atoms with Crippen molar-refractivity contribution in [1.82, 2.24) is 4.98 Å². The van der Waals surface area contributed by atoms with Crippen LogP contribution in [0.5, 0.6) is 0 Å². The molecule has 1 unspecified atom stereocenters. The van der Waals surface area contributed by atoms with Crippen molar-refractivity contribution in [3.63, 3.8) is 0 Å². The van der Waals surface area contributed by atoms with Gasteiger partial charge >= 0.3 is 0 Å². The summed E-state index contributed by atoms with van der Waals surface area (Å²) in [6.45, 7) is 5.47. The SMILES string of the molecule is CCc1cccc2sc(N(CC3CCCO3)C(=O)c3cccc(C)c3)nc12. The summed E-state index contributed by atoms with van der Waals surface area (Å²) >= 11 is 1.58. The molecular weight excluding hydrogens is 356 g/mol. The van der Waals surface area contributed by atoms with E-state index in [0.717, 1.165) is 46.8 Å². The number of hydrogen-bond acceptors (Lipinski definition) is 4. The third kappa shape index (κ3) is 3.75. The number of aromatic nitrogens is 1. The van der Waals surface area contributed by atoms with Crippen molar-refractivity contribution >= 4 is 32.6 Å². The van der Waals surface area contributed by atoms with E-state index in [0.29, 0.717) is 12.1 Å². The maximum atomic E-state index is 13.4. The molecule has 5 heteroatoms. The molecule has 3 aromatic rings. The molecule has 1 aliphatic rings. The topological polar surface area (TPSA) is 42.4 Å². The zero-order chi connectivity index (χ0) is 18.8. The number of aryl methyl sites for hydroxylation is 2. The number of benzene rings is 2. The zero-order valence-corrected chi connectivity index (χ0v) is 16.6. The predicted octanol–water partition coefficient (Wildman–Crippen LogP) is 4.99. The Morgan fingerprint density at radius 1 is 1.30 bits per heavy atom. The van der Waals surface area contributed by atoms with E-state index in [9.17, 15) is 4.79 Å². The van der Waals surface area contributed by atoms with Crippen LogP contribution in [0.4, 0.5) is 5.13 Å². The van der Waals surface area contributed by atoms with Gasteiger partial charge in [-0.25, -0.2) is 4.98 Å². The zero-order valence-electron chi connectivity index (χ0n) is 15.8. The summed E-state index contributed by atoms with van der Waals surface area (Å²) in [5.41, 5.74) is 4.00. The Bertz CT molecular complexity index is 960. The lowest BCUT2D eigenvalue weighted by Crippen LogP contribution is -2.37. The van der Waals surface area contributed by atoms with Crippen LogP contribution in [0.15, 0.2) is 42.5 Å². The molecule has 1 saturated heterocycles. The van der Waals surface area contributed by atoms with E-state index >= 15 is 0 Å². The highest BCUT2D eigenvalue weighted by Gasteiger charge is 2.27. The molecular formula is C22H24N2O2S. The van der Waals surface area contributed by atoms with Crippen molar-refractivity contribution < 1.29 is 9.53 Å². The minimum Gasteiger partial charge on any atom is -0.376 e. The monoisotopic (exact) mass is 380 g/mol. The van der Waals surface area contributed by atoms with Gasteiger partial charge in [0.25, 0.3) is 5.91 Å². The summed E-state index contributed by atoms with van der Waals surface area (Å²) in [6.07, 6.45) is 3.05. The first-order valence-electron chi connectivity index (χ1n) is 9.54. The number of carbonyl (C=O) groups excluding carboxylic acids is 1. The maximum absolute atomic E-state index is 13.4. The van der Waals surface area contributed by atoms with E-state index in [-0.39, 0.29) is 12.0 Å². The van der Waals surface area contributed by atoms with Crippen LogP contribution >= 0.6 is 11.3 Å². The lowest BCUT2D eigenvalue weighted by atomic mass is 10.1. The molecule has 1 aromatic heterocycles. The molecule has 1 atom stereocenters. The molecule has 2 heterocycles. The lowest BCUT2D eigenvalue weighted by molar-refractivity contribution is 0.0917. The Hall–Kier alpha value is -2.24. The average Bonchev–Trinajstić information content (AvgIpc) is 3.34. The largest absolute Gasteiger partial charge is 0.376 e. The molecule has 1 fully saturated rings. The van der Waals surface area contributed by atoms with Crippen LogP contribution in [-0.4, -0.2) is 30.1 Å². The molecule has 0 radical (unpaired) electrons. The third-order valence-electron chi connectivity index (χ3n) is 5.02. The van der Waals surface area contributed by atoms with Gasteiger partial charge in [-0.15, -0.1) is 0 Å². The lowest BCUT2D eigenvalue weighted by Gasteiger charge is -2.23. The highest BCUT2D eigenvalue weighted by Crippen LogP contribution is 2.32. The summed E-state index contributed by atoms with van der Waals surface area (Å²) in [5.74, 6) is -0.00805. The van der Waals surface area contributed by atoms with Crippen molar-refractivity contribution in [1.29, 1.82) is 0 Å². The van der Waals surface area contributed by atoms with Gasteiger partial charge in [-0.3, -0.25) is 9.69 Å². The first-order chi connectivity index (χ1) is 13.2. The number of amides is 1. The molecule has 1 amide bonds. The van der Waals surface area contributed by atoms with E-state index < -0.39 is 0 Å². The van der Waals surface area contributed by atoms with Gasteiger partial charge in [0.1, 0.15) is 0 Å². The third-order valence-corrected chi connectivity index (χ3v) is 6.07. The number of thiazole rings is 1. The molecule has 0 aliphatic carbocycles. The molecule has 0 saturated carbocycles. The minimum absolute atomic E-state index is 0.00805. The van der Waals surface area contributed by atoms with Crippen LogP contribution in [-0.2, 0) is 11.2 Å². The van der Waals surface area contributed by atoms with E-state index in [4.69, 9.17) is 9.72 Å². The summed E-state index contributed by atoms with van der Waals surface area (Å²) < 4.78 is 6.94. The van der Waals surface area contributed by atoms with Crippen LogP contribution in [0.1, 0.15) is 41.3 Å². The maximum Gasteiger partial charge on any atom is 0.260 e. The van der Waals surface area contributed by atoms with Crippen LogP contribution in [0.25, 0.3) is 10.2 Å². The van der Waals surface area contributed by atoms with E-state index in [1.165, 1.54) is 5.56 Å². The highest BCUT2D eigenvalue weighted by atomic mass is 32.1. The minimum atomic E-state index is -0.00805. The van der Waals surface area contributed by atoms with Crippen molar-refractivity contribution in [2.45, 2.75) is 39.2 Å². The highest BCUT2D eigenvalue weighted by molar-refractivity contribution is 7.22. The van der Waals surface area contributed by atoms with Crippen molar-refractivity contribution in [3.8, 4) is 0 Å². The normalized spacial score (nSPS) is 16.7. The number of hydrogen-bond donors (Lipinski definition) is 0. The molecule has 140 valence electrons. The Balaban J connectivity index is 1.74. The average molecular weight is 381 g/mol. The first kappa shape index (κ1) is 18.1. The standard InChI is InChI=1S/C22H24N2O2S/c1-3-16-8-5-11-19-20(16)23-22(27-19)24(14-18-10-6-12-26-18)21(25)17-9-4-7-15(2)13-17/h4-5,7-9,11,13,18H,3,6,10,12,14H2,1-2H3. The van der Waals surface area contributed by atoms with E-state index in [1.807, 2.05) is 36.1 Å². The fraction of sp³-hybridized carbons (Fsp3) is 0.364.